The molecule has 0 aromatic heterocycles. The zero-order valence-electron chi connectivity index (χ0n) is 9.01. The lowest BCUT2D eigenvalue weighted by molar-refractivity contribution is -0.138. The molecule has 0 aliphatic heterocycles. The Morgan fingerprint density at radius 3 is 2.23 bits per heavy atom. The Bertz CT molecular complexity index is 209. The summed E-state index contributed by atoms with van der Waals surface area (Å²) in [6.45, 7) is 7.94. The van der Waals surface area contributed by atoms with Crippen molar-refractivity contribution in [2.24, 2.45) is 5.92 Å². The summed E-state index contributed by atoms with van der Waals surface area (Å²) in [6.07, 6.45) is 0. The first kappa shape index (κ1) is 12.2. The molecule has 0 amide bonds. The van der Waals surface area contributed by atoms with Crippen molar-refractivity contribution >= 4 is 15.7 Å². The molecule has 0 rings (SSSR count). The highest BCUT2D eigenvalue weighted by Crippen LogP contribution is 2.15. The highest BCUT2D eigenvalue weighted by Gasteiger charge is 2.15. The fourth-order valence-corrected chi connectivity index (χ4v) is 1.47. The van der Waals surface area contributed by atoms with Gasteiger partial charge in [0.05, 0.1) is 7.11 Å². The zero-order valence-corrected chi connectivity index (χ0v) is 10.4. The van der Waals surface area contributed by atoms with Gasteiger partial charge in [-0.05, 0) is 25.0 Å². The van der Waals surface area contributed by atoms with Gasteiger partial charge in [-0.1, -0.05) is 13.8 Å². The maximum atomic E-state index is 11.3. The second kappa shape index (κ2) is 5.80. The molecule has 3 nitrogen and oxygen atoms in total. The lowest BCUT2D eigenvalue weighted by Crippen LogP contribution is -2.13. The van der Waals surface area contributed by atoms with E-state index in [4.69, 9.17) is 4.43 Å². The van der Waals surface area contributed by atoms with Crippen molar-refractivity contribution < 1.29 is 14.0 Å². The minimum Gasteiger partial charge on any atom is -0.545 e. The van der Waals surface area contributed by atoms with Crippen molar-refractivity contribution in [3.05, 3.63) is 11.3 Å². The Hall–Kier alpha value is -0.773. The normalized spacial score (nSPS) is 13.4. The molecule has 0 unspecified atom stereocenters. The molecule has 0 heterocycles. The molecule has 13 heavy (non-hydrogen) atoms. The summed E-state index contributed by atoms with van der Waals surface area (Å²) in [4.78, 5) is 11.3. The van der Waals surface area contributed by atoms with E-state index >= 15 is 0 Å². The number of hydrogen-bond donors (Lipinski definition) is 0. The van der Waals surface area contributed by atoms with Gasteiger partial charge in [-0.25, -0.2) is 4.79 Å². The van der Waals surface area contributed by atoms with Gasteiger partial charge in [0.1, 0.15) is 0 Å². The van der Waals surface area contributed by atoms with Crippen molar-refractivity contribution in [1.29, 1.82) is 0 Å². The predicted octanol–water partition coefficient (Wildman–Crippen LogP) is 1.24. The highest BCUT2D eigenvalue weighted by atomic mass is 28.2. The van der Waals surface area contributed by atoms with E-state index in [1.54, 1.807) is 0 Å². The summed E-state index contributed by atoms with van der Waals surface area (Å²) in [6, 6.07) is 0. The standard InChI is InChI=1S/C9H18O3Si/c1-6(2)7(3)8(12-13-5)9(10)11-4/h6H,13H2,1-5H3. The molecule has 0 saturated heterocycles. The van der Waals surface area contributed by atoms with E-state index in [0.717, 1.165) is 5.57 Å². The lowest BCUT2D eigenvalue weighted by atomic mass is 10.0. The van der Waals surface area contributed by atoms with Gasteiger partial charge in [0, 0.05) is 0 Å². The van der Waals surface area contributed by atoms with Crippen LogP contribution in [0.25, 0.3) is 0 Å². The number of carbonyl (C=O) groups is 1. The average Bonchev–Trinajstić information content (AvgIpc) is 2.11. The van der Waals surface area contributed by atoms with Gasteiger partial charge in [0.15, 0.2) is 5.76 Å². The molecule has 76 valence electrons. The van der Waals surface area contributed by atoms with E-state index in [9.17, 15) is 4.79 Å². The lowest BCUT2D eigenvalue weighted by Gasteiger charge is -2.13. The number of hydrogen-bond acceptors (Lipinski definition) is 3. The molecule has 0 spiro atoms. The largest absolute Gasteiger partial charge is 0.545 e. The first-order valence-electron chi connectivity index (χ1n) is 4.46. The number of esters is 1. The van der Waals surface area contributed by atoms with Crippen LogP contribution in [0.2, 0.25) is 6.55 Å². The molecule has 0 aliphatic carbocycles. The van der Waals surface area contributed by atoms with Crippen LogP contribution in [0.4, 0.5) is 0 Å². The van der Waals surface area contributed by atoms with Gasteiger partial charge in [-0.3, -0.25) is 0 Å². The number of carbonyl (C=O) groups excluding carboxylic acids is 1. The van der Waals surface area contributed by atoms with Gasteiger partial charge in [-0.15, -0.1) is 0 Å². The molecular weight excluding hydrogens is 184 g/mol. The van der Waals surface area contributed by atoms with Crippen molar-refractivity contribution in [3.8, 4) is 0 Å². The van der Waals surface area contributed by atoms with E-state index < -0.39 is 9.76 Å². The topological polar surface area (TPSA) is 35.5 Å². The third-order valence-corrected chi connectivity index (χ3v) is 2.46. The monoisotopic (exact) mass is 202 g/mol. The second-order valence-corrected chi connectivity index (χ2v) is 3.96. The van der Waals surface area contributed by atoms with E-state index in [0.29, 0.717) is 11.7 Å². The van der Waals surface area contributed by atoms with E-state index in [1.165, 1.54) is 7.11 Å². The number of rotatable bonds is 4. The zero-order chi connectivity index (χ0) is 10.4. The fourth-order valence-electron chi connectivity index (χ4n) is 0.833. The number of allylic oxidation sites excluding steroid dienone is 1. The molecule has 0 aromatic carbocycles. The molecule has 0 bridgehead atoms. The van der Waals surface area contributed by atoms with Gasteiger partial charge in [0.2, 0.25) is 9.76 Å². The maximum Gasteiger partial charge on any atom is 0.371 e. The first-order valence-corrected chi connectivity index (χ1v) is 6.45. The smallest absolute Gasteiger partial charge is 0.371 e. The van der Waals surface area contributed by atoms with Crippen LogP contribution >= 0.6 is 0 Å². The van der Waals surface area contributed by atoms with Crippen LogP contribution in [0.3, 0.4) is 0 Å². The van der Waals surface area contributed by atoms with Crippen LogP contribution in [0.15, 0.2) is 11.3 Å². The van der Waals surface area contributed by atoms with Crippen LogP contribution in [0, 0.1) is 5.92 Å². The molecule has 0 radical (unpaired) electrons. The number of ether oxygens (including phenoxy) is 1. The summed E-state index contributed by atoms with van der Waals surface area (Å²) in [5.74, 6) is 0.363. The first-order chi connectivity index (χ1) is 6.04. The third-order valence-electron chi connectivity index (χ3n) is 1.88. The van der Waals surface area contributed by atoms with Gasteiger partial charge in [-0.2, -0.15) is 0 Å². The molecule has 0 N–H and O–H groups in total. The minimum atomic E-state index is -0.619. The molecule has 0 aliphatic rings. The molecule has 0 aromatic rings. The van der Waals surface area contributed by atoms with Crippen molar-refractivity contribution in [1.82, 2.24) is 0 Å². The summed E-state index contributed by atoms with van der Waals surface area (Å²) < 4.78 is 10.00. The Balaban J connectivity index is 4.76. The van der Waals surface area contributed by atoms with Crippen molar-refractivity contribution in [3.63, 3.8) is 0 Å². The Kier molecular flexibility index (Phi) is 5.46. The fraction of sp³-hybridized carbons (Fsp3) is 0.667. The highest BCUT2D eigenvalue weighted by molar-refractivity contribution is 6.26. The Labute approximate surface area is 82.1 Å². The van der Waals surface area contributed by atoms with Crippen molar-refractivity contribution in [2.75, 3.05) is 7.11 Å². The van der Waals surface area contributed by atoms with Crippen LogP contribution in [0.5, 0.6) is 0 Å². The molecule has 0 fully saturated rings. The SMILES string of the molecule is COC(=O)C(O[SiH2]C)=C(C)C(C)C. The van der Waals surface area contributed by atoms with Gasteiger partial charge < -0.3 is 9.16 Å². The van der Waals surface area contributed by atoms with E-state index in [2.05, 4.69) is 4.74 Å². The van der Waals surface area contributed by atoms with E-state index in [1.807, 2.05) is 27.3 Å². The summed E-state index contributed by atoms with van der Waals surface area (Å²) in [7, 11) is 0.753. The van der Waals surface area contributed by atoms with Gasteiger partial charge >= 0.3 is 5.97 Å². The Morgan fingerprint density at radius 2 is 1.92 bits per heavy atom. The van der Waals surface area contributed by atoms with Gasteiger partial charge in [0.25, 0.3) is 0 Å². The molecular formula is C9H18O3Si. The predicted molar refractivity (Wildman–Crippen MR) is 55.0 cm³/mol. The second-order valence-electron chi connectivity index (χ2n) is 3.09. The quantitative estimate of drug-likeness (QED) is 0.298. The van der Waals surface area contributed by atoms with Crippen LogP contribution in [-0.2, 0) is 14.0 Å². The van der Waals surface area contributed by atoms with Crippen LogP contribution < -0.4 is 0 Å². The summed E-state index contributed by atoms with van der Waals surface area (Å²) in [5.41, 5.74) is 0.959. The molecule has 4 heteroatoms. The molecule has 0 saturated carbocycles. The average molecular weight is 202 g/mol. The Morgan fingerprint density at radius 1 is 1.38 bits per heavy atom. The third kappa shape index (κ3) is 3.63. The van der Waals surface area contributed by atoms with E-state index in [-0.39, 0.29) is 5.97 Å². The van der Waals surface area contributed by atoms with Crippen LogP contribution in [0.1, 0.15) is 20.8 Å². The minimum absolute atomic E-state index is 0.314. The number of methoxy groups -OCH3 is 1. The summed E-state index contributed by atoms with van der Waals surface area (Å²) >= 11 is 0. The van der Waals surface area contributed by atoms with Crippen molar-refractivity contribution in [2.45, 2.75) is 27.3 Å². The maximum absolute atomic E-state index is 11.3. The molecule has 0 atom stereocenters. The van der Waals surface area contributed by atoms with Crippen LogP contribution in [-0.4, -0.2) is 22.8 Å². The summed E-state index contributed by atoms with van der Waals surface area (Å²) in [5, 5.41) is 0.